The Hall–Kier alpha value is -1.08. The summed E-state index contributed by atoms with van der Waals surface area (Å²) in [6, 6.07) is 10.2. The standard InChI is InChI=1S/C14H20O/c1-2-8-14(15)12-7-6-11-13-9-4-3-5-10-13/h3-6,9-11,14-15H,2,7-8,12H2,1H3/b11-6+. The van der Waals surface area contributed by atoms with Gasteiger partial charge in [-0.25, -0.2) is 0 Å². The van der Waals surface area contributed by atoms with Crippen LogP contribution >= 0.6 is 0 Å². The number of rotatable bonds is 6. The monoisotopic (exact) mass is 204 g/mol. The molecule has 15 heavy (non-hydrogen) atoms. The van der Waals surface area contributed by atoms with Gasteiger partial charge in [0, 0.05) is 0 Å². The summed E-state index contributed by atoms with van der Waals surface area (Å²) in [6.07, 6.45) is 7.92. The summed E-state index contributed by atoms with van der Waals surface area (Å²) in [6.45, 7) is 2.10. The molecule has 1 aromatic carbocycles. The Bertz CT molecular complexity index is 277. The highest BCUT2D eigenvalue weighted by Gasteiger charge is 1.99. The lowest BCUT2D eigenvalue weighted by molar-refractivity contribution is 0.155. The van der Waals surface area contributed by atoms with Crippen LogP contribution in [-0.4, -0.2) is 11.2 Å². The fraction of sp³-hybridized carbons (Fsp3) is 0.429. The van der Waals surface area contributed by atoms with E-state index in [0.717, 1.165) is 25.7 Å². The second-order valence-corrected chi connectivity index (χ2v) is 3.83. The van der Waals surface area contributed by atoms with E-state index in [9.17, 15) is 5.11 Å². The molecule has 0 aromatic heterocycles. The smallest absolute Gasteiger partial charge is 0.0543 e. The highest BCUT2D eigenvalue weighted by atomic mass is 16.3. The molecule has 1 atom stereocenters. The van der Waals surface area contributed by atoms with E-state index in [2.05, 4.69) is 31.2 Å². The minimum Gasteiger partial charge on any atom is -0.393 e. The first kappa shape index (κ1) is 12.0. The van der Waals surface area contributed by atoms with Crippen molar-refractivity contribution in [3.05, 3.63) is 42.0 Å². The van der Waals surface area contributed by atoms with E-state index in [1.807, 2.05) is 18.2 Å². The normalized spacial score (nSPS) is 13.2. The number of hydrogen-bond acceptors (Lipinski definition) is 1. The van der Waals surface area contributed by atoms with Crippen LogP contribution in [0.1, 0.15) is 38.2 Å². The van der Waals surface area contributed by atoms with Crippen LogP contribution in [0.2, 0.25) is 0 Å². The Kier molecular flexibility index (Phi) is 5.79. The van der Waals surface area contributed by atoms with Crippen LogP contribution in [0.25, 0.3) is 6.08 Å². The van der Waals surface area contributed by atoms with Crippen LogP contribution in [0.15, 0.2) is 36.4 Å². The van der Waals surface area contributed by atoms with Gasteiger partial charge in [-0.1, -0.05) is 55.8 Å². The Morgan fingerprint density at radius 1 is 1.20 bits per heavy atom. The van der Waals surface area contributed by atoms with Crippen LogP contribution in [0.3, 0.4) is 0 Å². The van der Waals surface area contributed by atoms with E-state index in [4.69, 9.17) is 0 Å². The first-order valence-electron chi connectivity index (χ1n) is 5.72. The predicted molar refractivity (Wildman–Crippen MR) is 65.6 cm³/mol. The Morgan fingerprint density at radius 3 is 2.60 bits per heavy atom. The summed E-state index contributed by atoms with van der Waals surface area (Å²) in [5.74, 6) is 0. The number of benzene rings is 1. The van der Waals surface area contributed by atoms with Gasteiger partial charge in [-0.2, -0.15) is 0 Å². The molecule has 0 radical (unpaired) electrons. The third-order valence-electron chi connectivity index (χ3n) is 2.40. The largest absolute Gasteiger partial charge is 0.393 e. The van der Waals surface area contributed by atoms with Gasteiger partial charge in [0.15, 0.2) is 0 Å². The maximum atomic E-state index is 9.51. The van der Waals surface area contributed by atoms with Crippen molar-refractivity contribution in [1.82, 2.24) is 0 Å². The molecular weight excluding hydrogens is 184 g/mol. The summed E-state index contributed by atoms with van der Waals surface area (Å²) in [5.41, 5.74) is 1.22. The molecule has 1 N–H and O–H groups in total. The molecule has 0 aliphatic carbocycles. The van der Waals surface area contributed by atoms with Crippen LogP contribution in [0.5, 0.6) is 0 Å². The maximum absolute atomic E-state index is 9.51. The average Bonchev–Trinajstić information content (AvgIpc) is 2.26. The molecule has 0 saturated carbocycles. The molecule has 1 nitrogen and oxygen atoms in total. The Morgan fingerprint density at radius 2 is 1.93 bits per heavy atom. The van der Waals surface area contributed by atoms with Gasteiger partial charge in [-0.05, 0) is 24.8 Å². The van der Waals surface area contributed by atoms with Crippen molar-refractivity contribution in [2.45, 2.75) is 38.7 Å². The lowest BCUT2D eigenvalue weighted by Crippen LogP contribution is -2.04. The van der Waals surface area contributed by atoms with E-state index in [-0.39, 0.29) is 6.10 Å². The molecule has 1 heteroatoms. The lowest BCUT2D eigenvalue weighted by Gasteiger charge is -2.05. The van der Waals surface area contributed by atoms with E-state index < -0.39 is 0 Å². The zero-order chi connectivity index (χ0) is 10.9. The second-order valence-electron chi connectivity index (χ2n) is 3.83. The van der Waals surface area contributed by atoms with E-state index in [1.54, 1.807) is 0 Å². The van der Waals surface area contributed by atoms with Crippen LogP contribution in [0, 0.1) is 0 Å². The van der Waals surface area contributed by atoms with Gasteiger partial charge < -0.3 is 5.11 Å². The van der Waals surface area contributed by atoms with Gasteiger partial charge in [0.2, 0.25) is 0 Å². The van der Waals surface area contributed by atoms with Gasteiger partial charge in [-0.15, -0.1) is 0 Å². The van der Waals surface area contributed by atoms with Crippen molar-refractivity contribution in [3.63, 3.8) is 0 Å². The van der Waals surface area contributed by atoms with Crippen molar-refractivity contribution in [3.8, 4) is 0 Å². The fourth-order valence-electron chi connectivity index (χ4n) is 1.55. The Labute approximate surface area is 92.5 Å². The molecule has 1 rings (SSSR count). The van der Waals surface area contributed by atoms with Crippen molar-refractivity contribution in [2.75, 3.05) is 0 Å². The van der Waals surface area contributed by atoms with Crippen molar-refractivity contribution in [1.29, 1.82) is 0 Å². The summed E-state index contributed by atoms with van der Waals surface area (Å²) in [5, 5.41) is 9.51. The average molecular weight is 204 g/mol. The van der Waals surface area contributed by atoms with Crippen LogP contribution in [0.4, 0.5) is 0 Å². The molecular formula is C14H20O. The molecule has 0 spiro atoms. The Balaban J connectivity index is 2.23. The predicted octanol–water partition coefficient (Wildman–Crippen LogP) is 3.64. The summed E-state index contributed by atoms with van der Waals surface area (Å²) < 4.78 is 0. The maximum Gasteiger partial charge on any atom is 0.0543 e. The van der Waals surface area contributed by atoms with Gasteiger partial charge >= 0.3 is 0 Å². The topological polar surface area (TPSA) is 20.2 Å². The fourth-order valence-corrected chi connectivity index (χ4v) is 1.55. The van der Waals surface area contributed by atoms with Gasteiger partial charge in [-0.3, -0.25) is 0 Å². The van der Waals surface area contributed by atoms with E-state index in [0.29, 0.717) is 0 Å². The van der Waals surface area contributed by atoms with E-state index >= 15 is 0 Å². The molecule has 0 fully saturated rings. The molecule has 1 aromatic rings. The van der Waals surface area contributed by atoms with Gasteiger partial charge in [0.25, 0.3) is 0 Å². The minimum absolute atomic E-state index is 0.129. The third-order valence-corrected chi connectivity index (χ3v) is 2.40. The highest BCUT2D eigenvalue weighted by Crippen LogP contribution is 2.07. The van der Waals surface area contributed by atoms with Gasteiger partial charge in [0.05, 0.1) is 6.10 Å². The third kappa shape index (κ3) is 5.38. The molecule has 0 bridgehead atoms. The minimum atomic E-state index is -0.129. The van der Waals surface area contributed by atoms with Crippen molar-refractivity contribution < 1.29 is 5.11 Å². The van der Waals surface area contributed by atoms with Crippen molar-refractivity contribution >= 4 is 6.08 Å². The summed E-state index contributed by atoms with van der Waals surface area (Å²) in [7, 11) is 0. The van der Waals surface area contributed by atoms with Crippen LogP contribution in [-0.2, 0) is 0 Å². The summed E-state index contributed by atoms with van der Waals surface area (Å²) >= 11 is 0. The zero-order valence-electron chi connectivity index (χ0n) is 9.39. The van der Waals surface area contributed by atoms with E-state index in [1.165, 1.54) is 5.56 Å². The molecule has 82 valence electrons. The van der Waals surface area contributed by atoms with Gasteiger partial charge in [0.1, 0.15) is 0 Å². The lowest BCUT2D eigenvalue weighted by atomic mass is 10.1. The molecule has 0 heterocycles. The SMILES string of the molecule is CCCC(O)CC/C=C/c1ccccc1. The molecule has 0 aliphatic heterocycles. The number of allylic oxidation sites excluding steroid dienone is 1. The summed E-state index contributed by atoms with van der Waals surface area (Å²) in [4.78, 5) is 0. The highest BCUT2D eigenvalue weighted by molar-refractivity contribution is 5.48. The van der Waals surface area contributed by atoms with Crippen molar-refractivity contribution in [2.24, 2.45) is 0 Å². The first-order valence-corrected chi connectivity index (χ1v) is 5.72. The van der Waals surface area contributed by atoms with Crippen LogP contribution < -0.4 is 0 Å². The first-order chi connectivity index (χ1) is 7.33. The number of aliphatic hydroxyl groups excluding tert-OH is 1. The number of aliphatic hydroxyl groups is 1. The molecule has 0 amide bonds. The molecule has 0 aliphatic rings. The quantitative estimate of drug-likeness (QED) is 0.750. The molecule has 0 saturated heterocycles. The second kappa shape index (κ2) is 7.24. The molecule has 1 unspecified atom stereocenters. The number of hydrogen-bond donors (Lipinski definition) is 1. The zero-order valence-corrected chi connectivity index (χ0v) is 9.39.